The van der Waals surface area contributed by atoms with Gasteiger partial charge in [0.1, 0.15) is 5.75 Å². The molecular formula is C23H32N2O2. The summed E-state index contributed by atoms with van der Waals surface area (Å²) in [6.07, 6.45) is 6.13. The molecule has 0 aromatic heterocycles. The van der Waals surface area contributed by atoms with Crippen LogP contribution >= 0.6 is 0 Å². The molecule has 0 unspecified atom stereocenters. The molecule has 0 bridgehead atoms. The van der Waals surface area contributed by atoms with E-state index in [2.05, 4.69) is 12.2 Å². The summed E-state index contributed by atoms with van der Waals surface area (Å²) in [6, 6.07) is 17.8. The van der Waals surface area contributed by atoms with Gasteiger partial charge in [-0.2, -0.15) is 0 Å². The maximum atomic E-state index is 12.3. The molecule has 0 aliphatic rings. The van der Waals surface area contributed by atoms with Crippen molar-refractivity contribution < 1.29 is 9.53 Å². The fourth-order valence-electron chi connectivity index (χ4n) is 2.85. The predicted octanol–water partition coefficient (Wildman–Crippen LogP) is 5.11. The number of nitrogens with zero attached hydrogens (tertiary/aromatic N) is 1. The molecule has 0 saturated heterocycles. The first-order valence-electron chi connectivity index (χ1n) is 9.93. The summed E-state index contributed by atoms with van der Waals surface area (Å²) in [5, 5.41) is 3.20. The van der Waals surface area contributed by atoms with E-state index in [9.17, 15) is 4.79 Å². The van der Waals surface area contributed by atoms with Gasteiger partial charge in [-0.1, -0.05) is 69.0 Å². The van der Waals surface area contributed by atoms with E-state index in [4.69, 9.17) is 4.74 Å². The molecule has 0 atom stereocenters. The Morgan fingerprint density at radius 3 is 2.56 bits per heavy atom. The average molecular weight is 369 g/mol. The smallest absolute Gasteiger partial charge is 0.241 e. The Balaban J connectivity index is 1.72. The number of hydrogen-bond acceptors (Lipinski definition) is 3. The van der Waals surface area contributed by atoms with E-state index in [-0.39, 0.29) is 12.5 Å². The summed E-state index contributed by atoms with van der Waals surface area (Å²) in [4.78, 5) is 14.1. The summed E-state index contributed by atoms with van der Waals surface area (Å²) >= 11 is 0. The molecule has 1 N–H and O–H groups in total. The Bertz CT molecular complexity index is 673. The lowest BCUT2D eigenvalue weighted by Crippen LogP contribution is -2.31. The molecule has 146 valence electrons. The molecule has 0 fully saturated rings. The average Bonchev–Trinajstić information content (AvgIpc) is 2.70. The summed E-state index contributed by atoms with van der Waals surface area (Å²) in [5.41, 5.74) is 2.03. The maximum absolute atomic E-state index is 12.3. The van der Waals surface area contributed by atoms with Crippen molar-refractivity contribution in [1.82, 2.24) is 4.90 Å². The van der Waals surface area contributed by atoms with Crippen LogP contribution in [0.5, 0.6) is 5.75 Å². The molecular weight excluding hydrogens is 336 g/mol. The number of ether oxygens (including phenoxy) is 1. The third kappa shape index (κ3) is 8.16. The second kappa shape index (κ2) is 12.0. The molecule has 0 spiro atoms. The lowest BCUT2D eigenvalue weighted by atomic mass is 10.2. The van der Waals surface area contributed by atoms with Gasteiger partial charge in [-0.3, -0.25) is 4.79 Å². The molecule has 4 nitrogen and oxygen atoms in total. The number of unbranched alkanes of at least 4 members (excludes halogenated alkanes) is 4. The Kier molecular flexibility index (Phi) is 9.25. The van der Waals surface area contributed by atoms with Crippen LogP contribution in [0, 0.1) is 0 Å². The van der Waals surface area contributed by atoms with Crippen LogP contribution in [-0.4, -0.2) is 31.0 Å². The van der Waals surface area contributed by atoms with Gasteiger partial charge >= 0.3 is 0 Å². The zero-order valence-corrected chi connectivity index (χ0v) is 16.6. The molecule has 2 aromatic carbocycles. The summed E-state index contributed by atoms with van der Waals surface area (Å²) < 4.78 is 5.82. The normalized spacial score (nSPS) is 10.4. The first kappa shape index (κ1) is 20.8. The second-order valence-corrected chi connectivity index (χ2v) is 6.88. The quantitative estimate of drug-likeness (QED) is 0.530. The van der Waals surface area contributed by atoms with Gasteiger partial charge in [0, 0.05) is 25.3 Å². The number of carbonyl (C=O) groups excluding carboxylic acids is 1. The molecule has 0 heterocycles. The van der Waals surface area contributed by atoms with Crippen LogP contribution in [0.1, 0.15) is 44.6 Å². The number of likely N-dealkylation sites (N-methyl/N-ethyl adjacent to an activating group) is 1. The Hall–Kier alpha value is -2.49. The fourth-order valence-corrected chi connectivity index (χ4v) is 2.85. The van der Waals surface area contributed by atoms with E-state index >= 15 is 0 Å². The van der Waals surface area contributed by atoms with Crippen molar-refractivity contribution in [1.29, 1.82) is 0 Å². The molecule has 0 aliphatic heterocycles. The Labute approximate surface area is 163 Å². The third-order valence-corrected chi connectivity index (χ3v) is 4.48. The van der Waals surface area contributed by atoms with Crippen molar-refractivity contribution in [2.24, 2.45) is 0 Å². The van der Waals surface area contributed by atoms with Gasteiger partial charge in [-0.25, -0.2) is 0 Å². The van der Waals surface area contributed by atoms with E-state index in [0.29, 0.717) is 6.54 Å². The highest BCUT2D eigenvalue weighted by atomic mass is 16.5. The SMILES string of the molecule is CCCCCCCOc1cccc(NCC(=O)N(C)Cc2ccccc2)c1. The zero-order valence-electron chi connectivity index (χ0n) is 16.6. The summed E-state index contributed by atoms with van der Waals surface area (Å²) in [6.45, 7) is 3.84. The van der Waals surface area contributed by atoms with E-state index in [1.54, 1.807) is 4.90 Å². The van der Waals surface area contributed by atoms with Gasteiger partial charge in [-0.15, -0.1) is 0 Å². The van der Waals surface area contributed by atoms with Crippen LogP contribution in [0.2, 0.25) is 0 Å². The Morgan fingerprint density at radius 2 is 1.78 bits per heavy atom. The minimum absolute atomic E-state index is 0.0566. The summed E-state index contributed by atoms with van der Waals surface area (Å²) in [5.74, 6) is 0.904. The number of nitrogens with one attached hydrogen (secondary N) is 1. The monoisotopic (exact) mass is 368 g/mol. The molecule has 2 aromatic rings. The second-order valence-electron chi connectivity index (χ2n) is 6.88. The summed E-state index contributed by atoms with van der Waals surface area (Å²) in [7, 11) is 1.83. The van der Waals surface area contributed by atoms with E-state index < -0.39 is 0 Å². The molecule has 0 radical (unpaired) electrons. The van der Waals surface area contributed by atoms with Crippen LogP contribution in [0.3, 0.4) is 0 Å². The van der Waals surface area contributed by atoms with Crippen molar-refractivity contribution in [3.63, 3.8) is 0 Å². The van der Waals surface area contributed by atoms with E-state index in [1.807, 2.05) is 61.6 Å². The first-order valence-corrected chi connectivity index (χ1v) is 9.93. The van der Waals surface area contributed by atoms with Crippen molar-refractivity contribution in [2.75, 3.05) is 25.5 Å². The van der Waals surface area contributed by atoms with Crippen LogP contribution in [0.15, 0.2) is 54.6 Å². The third-order valence-electron chi connectivity index (χ3n) is 4.48. The van der Waals surface area contributed by atoms with Crippen LogP contribution in [0.4, 0.5) is 5.69 Å². The number of carbonyl (C=O) groups is 1. The maximum Gasteiger partial charge on any atom is 0.241 e. The highest BCUT2D eigenvalue weighted by molar-refractivity contribution is 5.80. The number of hydrogen-bond donors (Lipinski definition) is 1. The van der Waals surface area contributed by atoms with Crippen LogP contribution in [0.25, 0.3) is 0 Å². The topological polar surface area (TPSA) is 41.6 Å². The van der Waals surface area contributed by atoms with Crippen molar-refractivity contribution >= 4 is 11.6 Å². The largest absolute Gasteiger partial charge is 0.494 e. The van der Waals surface area contributed by atoms with Gasteiger partial charge in [0.15, 0.2) is 0 Å². The molecule has 0 aliphatic carbocycles. The molecule has 4 heteroatoms. The molecule has 27 heavy (non-hydrogen) atoms. The van der Waals surface area contributed by atoms with Gasteiger partial charge in [0.05, 0.1) is 13.2 Å². The molecule has 0 saturated carbocycles. The standard InChI is InChI=1S/C23H32N2O2/c1-3-4-5-6-10-16-27-22-15-11-14-21(17-22)24-18-23(26)25(2)19-20-12-8-7-9-13-20/h7-9,11-15,17,24H,3-6,10,16,18-19H2,1-2H3. The van der Waals surface area contributed by atoms with Crippen molar-refractivity contribution in [2.45, 2.75) is 45.6 Å². The number of benzene rings is 2. The van der Waals surface area contributed by atoms with Crippen LogP contribution in [-0.2, 0) is 11.3 Å². The Morgan fingerprint density at radius 1 is 1.00 bits per heavy atom. The highest BCUT2D eigenvalue weighted by Crippen LogP contribution is 2.18. The lowest BCUT2D eigenvalue weighted by molar-refractivity contribution is -0.128. The van der Waals surface area contributed by atoms with E-state index in [0.717, 1.165) is 30.0 Å². The zero-order chi connectivity index (χ0) is 19.3. The van der Waals surface area contributed by atoms with E-state index in [1.165, 1.54) is 25.7 Å². The predicted molar refractivity (Wildman–Crippen MR) is 112 cm³/mol. The number of amides is 1. The molecule has 1 amide bonds. The minimum atomic E-state index is 0.0566. The van der Waals surface area contributed by atoms with Crippen molar-refractivity contribution in [3.8, 4) is 5.75 Å². The number of rotatable bonds is 12. The van der Waals surface area contributed by atoms with Gasteiger partial charge in [-0.05, 0) is 24.1 Å². The van der Waals surface area contributed by atoms with Gasteiger partial charge in [0.25, 0.3) is 0 Å². The number of anilines is 1. The fraction of sp³-hybridized carbons (Fsp3) is 0.435. The van der Waals surface area contributed by atoms with Crippen molar-refractivity contribution in [3.05, 3.63) is 60.2 Å². The van der Waals surface area contributed by atoms with Gasteiger partial charge in [0.2, 0.25) is 5.91 Å². The highest BCUT2D eigenvalue weighted by Gasteiger charge is 2.09. The van der Waals surface area contributed by atoms with Crippen LogP contribution < -0.4 is 10.1 Å². The van der Waals surface area contributed by atoms with Gasteiger partial charge < -0.3 is 15.0 Å². The minimum Gasteiger partial charge on any atom is -0.494 e. The lowest BCUT2D eigenvalue weighted by Gasteiger charge is -2.18. The molecule has 2 rings (SSSR count). The first-order chi connectivity index (χ1) is 13.2.